The summed E-state index contributed by atoms with van der Waals surface area (Å²) in [5.74, 6) is -0.930. The van der Waals surface area contributed by atoms with Gasteiger partial charge < -0.3 is 24.5 Å². The number of para-hydroxylation sites is 2. The summed E-state index contributed by atoms with van der Waals surface area (Å²) >= 11 is 0. The molecule has 1 heterocycles. The first-order valence-corrected chi connectivity index (χ1v) is 17.3. The van der Waals surface area contributed by atoms with Gasteiger partial charge in [-0.25, -0.2) is 5.01 Å². The third-order valence-corrected chi connectivity index (χ3v) is 8.77. The van der Waals surface area contributed by atoms with Crippen molar-refractivity contribution in [2.24, 2.45) is 0 Å². The number of hydrogen-bond acceptors (Lipinski definition) is 7. The monoisotopic (exact) mass is 692 g/mol. The van der Waals surface area contributed by atoms with E-state index in [1.54, 1.807) is 24.1 Å². The van der Waals surface area contributed by atoms with Crippen molar-refractivity contribution in [3.63, 3.8) is 0 Å². The summed E-state index contributed by atoms with van der Waals surface area (Å²) in [6.45, 7) is 5.81. The lowest BCUT2D eigenvalue weighted by molar-refractivity contribution is -0.156. The second-order valence-corrected chi connectivity index (χ2v) is 13.9. The van der Waals surface area contributed by atoms with E-state index in [-0.39, 0.29) is 31.8 Å². The van der Waals surface area contributed by atoms with Crippen LogP contribution < -0.4 is 10.2 Å². The number of ether oxygens (including phenoxy) is 2. The molecule has 0 saturated carbocycles. The van der Waals surface area contributed by atoms with Crippen LogP contribution in [0.25, 0.3) is 21.7 Å². The van der Waals surface area contributed by atoms with E-state index in [1.165, 1.54) is 0 Å². The van der Waals surface area contributed by atoms with Crippen LogP contribution in [0.5, 0.6) is 5.75 Å². The summed E-state index contributed by atoms with van der Waals surface area (Å²) in [6, 6.07) is 28.2. The summed E-state index contributed by atoms with van der Waals surface area (Å²) in [7, 11) is 3.34. The third-order valence-electron chi connectivity index (χ3n) is 8.77. The molecule has 0 aliphatic heterocycles. The lowest BCUT2D eigenvalue weighted by Crippen LogP contribution is -2.58. The largest absolute Gasteiger partial charge is 0.496 e. The second-order valence-electron chi connectivity index (χ2n) is 13.9. The highest BCUT2D eigenvalue weighted by atomic mass is 16.6. The minimum atomic E-state index is -0.981. The molecule has 0 fully saturated rings. The molecule has 5 aromatic rings. The average Bonchev–Trinajstić information content (AvgIpc) is 3.50. The van der Waals surface area contributed by atoms with E-state index in [4.69, 9.17) is 9.47 Å². The maximum absolute atomic E-state index is 14.7. The van der Waals surface area contributed by atoms with Crippen LogP contribution >= 0.6 is 0 Å². The Hall–Kier alpha value is -5.19. The van der Waals surface area contributed by atoms with E-state index < -0.39 is 29.6 Å². The molecule has 0 unspecified atom stereocenters. The summed E-state index contributed by atoms with van der Waals surface area (Å²) in [6.07, 6.45) is 2.33. The van der Waals surface area contributed by atoms with Crippen LogP contribution in [0.3, 0.4) is 0 Å². The Bertz CT molecular complexity index is 1960. The normalized spacial score (nSPS) is 12.9. The minimum Gasteiger partial charge on any atom is -0.496 e. The van der Waals surface area contributed by atoms with Gasteiger partial charge in [0.15, 0.2) is 0 Å². The highest BCUT2D eigenvalue weighted by Crippen LogP contribution is 2.24. The molecule has 0 spiro atoms. The number of likely N-dealkylation sites (N-methyl/N-ethyl adjacent to an activating group) is 1. The van der Waals surface area contributed by atoms with Crippen LogP contribution in [0.15, 0.2) is 97.2 Å². The fourth-order valence-corrected chi connectivity index (χ4v) is 6.43. The van der Waals surface area contributed by atoms with Crippen LogP contribution in [-0.4, -0.2) is 76.2 Å². The van der Waals surface area contributed by atoms with E-state index in [2.05, 4.69) is 16.5 Å². The Morgan fingerprint density at radius 3 is 2.33 bits per heavy atom. The van der Waals surface area contributed by atoms with Gasteiger partial charge in [0.2, 0.25) is 5.91 Å². The van der Waals surface area contributed by atoms with Gasteiger partial charge in [-0.05, 0) is 67.6 Å². The molecular formula is C41H48N4O6. The number of fused-ring (bicyclic) bond motifs is 2. The molecule has 2 atom stereocenters. The molecule has 3 N–H and O–H groups in total. The highest BCUT2D eigenvalue weighted by molar-refractivity contribution is 5.85. The van der Waals surface area contributed by atoms with Crippen molar-refractivity contribution in [3.05, 3.63) is 114 Å². The zero-order valence-corrected chi connectivity index (χ0v) is 30.0. The third kappa shape index (κ3) is 10.2. The standard InChI is InChI=1S/C41H48N4O6/c1-41(2,3)51-39(48)20-21-45(43-33(25-38(46)47)24-32-26-42-35-16-10-9-15-34(32)35)36(23-28-18-19-29-12-6-7-13-30(29)22-28)40(49)44(4)27-31-14-8-11-17-37(31)50-5/h6-19,22,26,33,36,42-43H,20-21,23-25,27H2,1-5H3,(H,46,47)/t33-,36-/m0/s1. The Morgan fingerprint density at radius 1 is 0.882 bits per heavy atom. The van der Waals surface area contributed by atoms with Crippen LogP contribution in [-0.2, 0) is 38.5 Å². The molecule has 51 heavy (non-hydrogen) atoms. The van der Waals surface area contributed by atoms with Gasteiger partial charge in [-0.2, -0.15) is 0 Å². The topological polar surface area (TPSA) is 124 Å². The maximum atomic E-state index is 14.7. The number of carboxylic acid groups (broad SMARTS) is 1. The first kappa shape index (κ1) is 37.1. The number of carboxylic acids is 1. The number of carbonyl (C=O) groups is 3. The Morgan fingerprint density at radius 2 is 1.59 bits per heavy atom. The van der Waals surface area contributed by atoms with Crippen molar-refractivity contribution in [2.45, 2.75) is 70.7 Å². The predicted octanol–water partition coefficient (Wildman–Crippen LogP) is 6.52. The fraction of sp³-hybridized carbons (Fsp3) is 0.341. The Balaban J connectivity index is 1.52. The Kier molecular flexibility index (Phi) is 12.1. The van der Waals surface area contributed by atoms with Gasteiger partial charge >= 0.3 is 11.9 Å². The van der Waals surface area contributed by atoms with Gasteiger partial charge in [0.05, 0.1) is 20.0 Å². The van der Waals surface area contributed by atoms with Crippen molar-refractivity contribution in [2.75, 3.05) is 20.7 Å². The molecule has 0 aliphatic carbocycles. The quantitative estimate of drug-likeness (QED) is 0.0789. The van der Waals surface area contributed by atoms with E-state index in [9.17, 15) is 19.5 Å². The van der Waals surface area contributed by atoms with Gasteiger partial charge in [-0.3, -0.25) is 19.8 Å². The molecular weight excluding hydrogens is 644 g/mol. The van der Waals surface area contributed by atoms with Crippen LogP contribution in [0.4, 0.5) is 0 Å². The second kappa shape index (κ2) is 16.7. The average molecular weight is 693 g/mol. The van der Waals surface area contributed by atoms with Gasteiger partial charge in [-0.1, -0.05) is 78.9 Å². The number of carbonyl (C=O) groups excluding carboxylic acids is 2. The predicted molar refractivity (Wildman–Crippen MR) is 199 cm³/mol. The number of benzene rings is 4. The van der Waals surface area contributed by atoms with Gasteiger partial charge in [0.1, 0.15) is 17.4 Å². The number of esters is 1. The summed E-state index contributed by atoms with van der Waals surface area (Å²) < 4.78 is 11.2. The molecule has 0 saturated heterocycles. The summed E-state index contributed by atoms with van der Waals surface area (Å²) in [5, 5.41) is 14.9. The van der Waals surface area contributed by atoms with Crippen LogP contribution in [0, 0.1) is 0 Å². The van der Waals surface area contributed by atoms with E-state index in [0.717, 1.165) is 38.4 Å². The fourth-order valence-electron chi connectivity index (χ4n) is 6.43. The van der Waals surface area contributed by atoms with E-state index >= 15 is 0 Å². The van der Waals surface area contributed by atoms with Crippen molar-refractivity contribution < 1.29 is 29.0 Å². The molecule has 1 aromatic heterocycles. The number of aliphatic carboxylic acids is 1. The lowest BCUT2D eigenvalue weighted by atomic mass is 9.99. The zero-order valence-electron chi connectivity index (χ0n) is 30.0. The first-order valence-electron chi connectivity index (χ1n) is 17.3. The SMILES string of the molecule is COc1ccccc1CN(C)C(=O)[C@H](Cc1ccc2ccccc2c1)N(CCC(=O)OC(C)(C)C)N[C@H](CC(=O)O)Cc1c[nH]c2ccccc12. The highest BCUT2D eigenvalue weighted by Gasteiger charge is 2.32. The number of hydrazine groups is 1. The molecule has 0 aliphatic rings. The number of amides is 1. The molecule has 4 aromatic carbocycles. The van der Waals surface area contributed by atoms with Crippen molar-refractivity contribution in [1.82, 2.24) is 20.3 Å². The molecule has 268 valence electrons. The van der Waals surface area contributed by atoms with Crippen LogP contribution in [0.1, 0.15) is 50.3 Å². The number of hydrogen-bond donors (Lipinski definition) is 3. The van der Waals surface area contributed by atoms with Crippen molar-refractivity contribution >= 4 is 39.5 Å². The number of aromatic amines is 1. The minimum absolute atomic E-state index is 0.0190. The number of methoxy groups -OCH3 is 1. The molecule has 0 bridgehead atoms. The number of aromatic nitrogens is 1. The number of H-pyrrole nitrogens is 1. The molecule has 10 nitrogen and oxygen atoms in total. The molecule has 0 radical (unpaired) electrons. The van der Waals surface area contributed by atoms with Gasteiger partial charge in [-0.15, -0.1) is 0 Å². The van der Waals surface area contributed by atoms with Crippen molar-refractivity contribution in [1.29, 1.82) is 0 Å². The number of rotatable bonds is 16. The van der Waals surface area contributed by atoms with E-state index in [1.807, 2.05) is 112 Å². The molecule has 5 rings (SSSR count). The zero-order chi connectivity index (χ0) is 36.5. The van der Waals surface area contributed by atoms with Gasteiger partial charge in [0.25, 0.3) is 0 Å². The van der Waals surface area contributed by atoms with Gasteiger partial charge in [0, 0.05) is 48.8 Å². The number of nitrogens with zero attached hydrogens (tertiary/aromatic N) is 2. The van der Waals surface area contributed by atoms with E-state index in [0.29, 0.717) is 18.6 Å². The summed E-state index contributed by atoms with van der Waals surface area (Å²) in [5.41, 5.74) is 6.42. The van der Waals surface area contributed by atoms with Crippen LogP contribution in [0.2, 0.25) is 0 Å². The number of nitrogens with one attached hydrogen (secondary N) is 2. The Labute approximate surface area is 299 Å². The first-order chi connectivity index (χ1) is 24.4. The molecule has 10 heteroatoms. The summed E-state index contributed by atoms with van der Waals surface area (Å²) in [4.78, 5) is 45.0. The smallest absolute Gasteiger partial charge is 0.307 e. The maximum Gasteiger partial charge on any atom is 0.307 e. The lowest BCUT2D eigenvalue weighted by Gasteiger charge is -2.36. The molecule has 1 amide bonds. The van der Waals surface area contributed by atoms with Crippen molar-refractivity contribution in [3.8, 4) is 5.75 Å².